The van der Waals surface area contributed by atoms with Crippen molar-refractivity contribution in [1.29, 1.82) is 0 Å². The third kappa shape index (κ3) is 3.73. The van der Waals surface area contributed by atoms with E-state index in [-0.39, 0.29) is 16.6 Å². The first-order valence-electron chi connectivity index (χ1n) is 5.51. The van der Waals surface area contributed by atoms with Crippen LogP contribution in [0.5, 0.6) is 0 Å². The molecule has 0 bridgehead atoms. The van der Waals surface area contributed by atoms with Gasteiger partial charge in [0, 0.05) is 11.9 Å². The van der Waals surface area contributed by atoms with Crippen molar-refractivity contribution >= 4 is 21.6 Å². The highest BCUT2D eigenvalue weighted by Gasteiger charge is 2.14. The summed E-state index contributed by atoms with van der Waals surface area (Å²) >= 11 is 5.62. The topological polar surface area (TPSA) is 72.0 Å². The van der Waals surface area contributed by atoms with Crippen LogP contribution in [0.4, 0.5) is 0 Å². The largest absolute Gasteiger partial charge is 0.257 e. The molecule has 0 saturated carbocycles. The lowest BCUT2D eigenvalue weighted by Crippen LogP contribution is -2.23. The Balaban J connectivity index is 2.12. The lowest BCUT2D eigenvalue weighted by atomic mass is 10.3. The predicted octanol–water partition coefficient (Wildman–Crippen LogP) is 1.92. The molecule has 5 nitrogen and oxygen atoms in total. The summed E-state index contributed by atoms with van der Waals surface area (Å²) in [4.78, 5) is 8.04. The summed E-state index contributed by atoms with van der Waals surface area (Å²) < 4.78 is 26.4. The van der Waals surface area contributed by atoms with Gasteiger partial charge >= 0.3 is 0 Å². The maximum absolute atomic E-state index is 12.0. The maximum Gasteiger partial charge on any atom is 0.242 e. The molecule has 0 aliphatic heterocycles. The molecule has 0 spiro atoms. The van der Waals surface area contributed by atoms with Gasteiger partial charge in [0.15, 0.2) is 0 Å². The van der Waals surface area contributed by atoms with Crippen molar-refractivity contribution in [2.45, 2.75) is 18.4 Å². The van der Waals surface area contributed by atoms with E-state index in [9.17, 15) is 8.42 Å². The molecule has 100 valence electrons. The van der Waals surface area contributed by atoms with Crippen molar-refractivity contribution in [3.05, 3.63) is 53.1 Å². The van der Waals surface area contributed by atoms with Crippen molar-refractivity contribution in [3.63, 3.8) is 0 Å². The van der Waals surface area contributed by atoms with Crippen LogP contribution in [0.15, 0.2) is 41.4 Å². The van der Waals surface area contributed by atoms with Crippen molar-refractivity contribution in [1.82, 2.24) is 14.7 Å². The molecule has 2 rings (SSSR count). The van der Waals surface area contributed by atoms with Gasteiger partial charge in [0.2, 0.25) is 10.0 Å². The Labute approximate surface area is 116 Å². The number of hydrogen-bond acceptors (Lipinski definition) is 4. The molecule has 0 aromatic carbocycles. The summed E-state index contributed by atoms with van der Waals surface area (Å²) in [5.41, 5.74) is 1.50. The Morgan fingerprint density at radius 1 is 1.26 bits per heavy atom. The molecule has 0 amide bonds. The molecular formula is C12H12ClN3O2S. The van der Waals surface area contributed by atoms with Crippen LogP contribution >= 0.6 is 11.6 Å². The number of hydrogen-bond donors (Lipinski definition) is 1. The number of nitrogens with zero attached hydrogens (tertiary/aromatic N) is 2. The minimum Gasteiger partial charge on any atom is -0.257 e. The van der Waals surface area contributed by atoms with Crippen LogP contribution in [0.3, 0.4) is 0 Å². The standard InChI is InChI=1S/C12H12ClN3O2S/c1-9-3-2-4-10(16-9)7-15-19(17,18)11-5-6-12(13)14-8-11/h2-6,8,15H,7H2,1H3. The van der Waals surface area contributed by atoms with E-state index in [1.54, 1.807) is 6.07 Å². The van der Waals surface area contributed by atoms with Crippen LogP contribution in [0, 0.1) is 6.92 Å². The fourth-order valence-electron chi connectivity index (χ4n) is 1.47. The summed E-state index contributed by atoms with van der Waals surface area (Å²) in [6.07, 6.45) is 1.22. The number of halogens is 1. The van der Waals surface area contributed by atoms with Gasteiger partial charge < -0.3 is 0 Å². The Morgan fingerprint density at radius 2 is 2.05 bits per heavy atom. The van der Waals surface area contributed by atoms with Crippen molar-refractivity contribution in [2.75, 3.05) is 0 Å². The van der Waals surface area contributed by atoms with Gasteiger partial charge in [0.1, 0.15) is 10.0 Å². The number of sulfonamides is 1. The quantitative estimate of drug-likeness (QED) is 0.875. The zero-order chi connectivity index (χ0) is 13.9. The van der Waals surface area contributed by atoms with E-state index >= 15 is 0 Å². The third-order valence-corrected chi connectivity index (χ3v) is 4.01. The Bertz CT molecular complexity index is 672. The molecule has 1 N–H and O–H groups in total. The van der Waals surface area contributed by atoms with Gasteiger partial charge in [-0.25, -0.2) is 18.1 Å². The van der Waals surface area contributed by atoms with Gasteiger partial charge in [0.05, 0.1) is 12.2 Å². The summed E-state index contributed by atoms with van der Waals surface area (Å²) in [5.74, 6) is 0. The van der Waals surface area contributed by atoms with E-state index in [2.05, 4.69) is 14.7 Å². The zero-order valence-corrected chi connectivity index (χ0v) is 11.7. The van der Waals surface area contributed by atoms with Crippen LogP contribution < -0.4 is 4.72 Å². The van der Waals surface area contributed by atoms with Crippen LogP contribution in [0.1, 0.15) is 11.4 Å². The highest BCUT2D eigenvalue weighted by atomic mass is 35.5. The van der Waals surface area contributed by atoms with Gasteiger partial charge in [-0.05, 0) is 31.2 Å². The number of aromatic nitrogens is 2. The normalized spacial score (nSPS) is 11.5. The molecule has 0 saturated heterocycles. The first kappa shape index (κ1) is 13.9. The summed E-state index contributed by atoms with van der Waals surface area (Å²) in [6.45, 7) is 1.98. The van der Waals surface area contributed by atoms with E-state index in [0.29, 0.717) is 5.69 Å². The molecule has 0 unspecified atom stereocenters. The monoisotopic (exact) mass is 297 g/mol. The fraction of sp³-hybridized carbons (Fsp3) is 0.167. The van der Waals surface area contributed by atoms with Crippen molar-refractivity contribution in [3.8, 4) is 0 Å². The van der Waals surface area contributed by atoms with Crippen molar-refractivity contribution in [2.24, 2.45) is 0 Å². The summed E-state index contributed by atoms with van der Waals surface area (Å²) in [7, 11) is -3.60. The smallest absolute Gasteiger partial charge is 0.242 e. The van der Waals surface area contributed by atoms with Gasteiger partial charge in [0.25, 0.3) is 0 Å². The van der Waals surface area contributed by atoms with Crippen LogP contribution in [0.2, 0.25) is 5.15 Å². The summed E-state index contributed by atoms with van der Waals surface area (Å²) in [5, 5.41) is 0.249. The second-order valence-electron chi connectivity index (χ2n) is 3.91. The number of pyridine rings is 2. The molecule has 2 aromatic heterocycles. The molecule has 0 aliphatic carbocycles. The lowest BCUT2D eigenvalue weighted by molar-refractivity contribution is 0.580. The van der Waals surface area contributed by atoms with Gasteiger partial charge in [-0.1, -0.05) is 17.7 Å². The average molecular weight is 298 g/mol. The second-order valence-corrected chi connectivity index (χ2v) is 6.07. The number of nitrogens with one attached hydrogen (secondary N) is 1. The van der Waals surface area contributed by atoms with Crippen molar-refractivity contribution < 1.29 is 8.42 Å². The second kappa shape index (κ2) is 5.64. The Morgan fingerprint density at radius 3 is 2.68 bits per heavy atom. The SMILES string of the molecule is Cc1cccc(CNS(=O)(=O)c2ccc(Cl)nc2)n1. The van der Waals surface area contributed by atoms with E-state index < -0.39 is 10.0 Å². The molecule has 0 atom stereocenters. The third-order valence-electron chi connectivity index (χ3n) is 2.40. The predicted molar refractivity (Wildman–Crippen MR) is 72.2 cm³/mol. The molecule has 2 aromatic rings. The van der Waals surface area contributed by atoms with Gasteiger partial charge in [-0.15, -0.1) is 0 Å². The molecule has 0 radical (unpaired) electrons. The number of rotatable bonds is 4. The Kier molecular flexibility index (Phi) is 4.14. The van der Waals surface area contributed by atoms with Crippen LogP contribution in [-0.4, -0.2) is 18.4 Å². The molecule has 0 aliphatic rings. The lowest BCUT2D eigenvalue weighted by Gasteiger charge is -2.06. The van der Waals surface area contributed by atoms with Crippen LogP contribution in [-0.2, 0) is 16.6 Å². The number of aryl methyl sites for hydroxylation is 1. The minimum absolute atomic E-state index is 0.0737. The van der Waals surface area contributed by atoms with E-state index in [0.717, 1.165) is 5.69 Å². The van der Waals surface area contributed by atoms with E-state index in [1.165, 1.54) is 18.3 Å². The zero-order valence-electron chi connectivity index (χ0n) is 10.2. The minimum atomic E-state index is -3.60. The van der Waals surface area contributed by atoms with Gasteiger partial charge in [-0.3, -0.25) is 4.98 Å². The maximum atomic E-state index is 12.0. The highest BCUT2D eigenvalue weighted by molar-refractivity contribution is 7.89. The highest BCUT2D eigenvalue weighted by Crippen LogP contribution is 2.11. The van der Waals surface area contributed by atoms with E-state index in [1.807, 2.05) is 19.1 Å². The average Bonchev–Trinajstić information content (AvgIpc) is 2.37. The first-order chi connectivity index (χ1) is 8.97. The van der Waals surface area contributed by atoms with E-state index in [4.69, 9.17) is 11.6 Å². The van der Waals surface area contributed by atoms with Gasteiger partial charge in [-0.2, -0.15) is 0 Å². The molecule has 0 fully saturated rings. The summed E-state index contributed by atoms with van der Waals surface area (Å²) in [6, 6.07) is 8.27. The molecule has 2 heterocycles. The first-order valence-corrected chi connectivity index (χ1v) is 7.37. The van der Waals surface area contributed by atoms with Crippen LogP contribution in [0.25, 0.3) is 0 Å². The molecule has 19 heavy (non-hydrogen) atoms. The fourth-order valence-corrected chi connectivity index (χ4v) is 2.53. The molecular weight excluding hydrogens is 286 g/mol. The molecule has 7 heteroatoms. The Hall–Kier alpha value is -1.50.